The minimum absolute atomic E-state index is 0.167. The van der Waals surface area contributed by atoms with Gasteiger partial charge in [-0.2, -0.15) is 0 Å². The first kappa shape index (κ1) is 14.6. The molecule has 1 aromatic carbocycles. The lowest BCUT2D eigenvalue weighted by Crippen LogP contribution is -2.17. The maximum absolute atomic E-state index is 10.8. The highest BCUT2D eigenvalue weighted by atomic mass is 32.1. The van der Waals surface area contributed by atoms with Gasteiger partial charge in [0.25, 0.3) is 0 Å². The largest absolute Gasteiger partial charge is 0.497 e. The molecule has 4 nitrogen and oxygen atoms in total. The lowest BCUT2D eigenvalue weighted by molar-refractivity contribution is 0.0697. The number of methoxy groups -OCH3 is 1. The van der Waals surface area contributed by atoms with Gasteiger partial charge in [-0.1, -0.05) is 12.1 Å². The number of nitrogens with one attached hydrogen (secondary N) is 1. The van der Waals surface area contributed by atoms with Crippen LogP contribution >= 0.6 is 11.3 Å². The zero-order chi connectivity index (χ0) is 14.5. The summed E-state index contributed by atoms with van der Waals surface area (Å²) in [7, 11) is 1.65. The molecule has 1 unspecified atom stereocenters. The highest BCUT2D eigenvalue weighted by molar-refractivity contribution is 7.10. The van der Waals surface area contributed by atoms with Crippen molar-refractivity contribution in [3.05, 3.63) is 51.7 Å². The van der Waals surface area contributed by atoms with Crippen LogP contribution in [0, 0.1) is 0 Å². The van der Waals surface area contributed by atoms with Gasteiger partial charge in [0.05, 0.1) is 12.7 Å². The molecule has 0 fully saturated rings. The number of carboxylic acids is 1. The Morgan fingerprint density at radius 2 is 2.25 bits per heavy atom. The van der Waals surface area contributed by atoms with Gasteiger partial charge in [-0.15, -0.1) is 11.3 Å². The highest BCUT2D eigenvalue weighted by Crippen LogP contribution is 2.20. The molecule has 1 aromatic heterocycles. The summed E-state index contributed by atoms with van der Waals surface area (Å²) in [6.07, 6.45) is 0. The summed E-state index contributed by atoms with van der Waals surface area (Å²) in [4.78, 5) is 11.8. The van der Waals surface area contributed by atoms with Crippen LogP contribution in [0.25, 0.3) is 0 Å². The fourth-order valence-corrected chi connectivity index (χ4v) is 2.68. The van der Waals surface area contributed by atoms with Crippen molar-refractivity contribution in [1.82, 2.24) is 5.32 Å². The maximum Gasteiger partial charge on any atom is 0.336 e. The first-order chi connectivity index (χ1) is 9.60. The monoisotopic (exact) mass is 291 g/mol. The Hall–Kier alpha value is -1.85. The van der Waals surface area contributed by atoms with Gasteiger partial charge in [-0.05, 0) is 30.7 Å². The van der Waals surface area contributed by atoms with Gasteiger partial charge in [-0.3, -0.25) is 0 Å². The second kappa shape index (κ2) is 6.54. The van der Waals surface area contributed by atoms with Crippen molar-refractivity contribution in [3.8, 4) is 5.75 Å². The first-order valence-corrected chi connectivity index (χ1v) is 7.16. The second-order valence-corrected chi connectivity index (χ2v) is 5.48. The zero-order valence-corrected chi connectivity index (χ0v) is 12.2. The Kier molecular flexibility index (Phi) is 4.76. The van der Waals surface area contributed by atoms with Gasteiger partial charge < -0.3 is 15.2 Å². The second-order valence-electron chi connectivity index (χ2n) is 4.49. The Morgan fingerprint density at radius 3 is 2.90 bits per heavy atom. The van der Waals surface area contributed by atoms with Crippen LogP contribution < -0.4 is 10.1 Å². The minimum Gasteiger partial charge on any atom is -0.497 e. The number of benzene rings is 1. The van der Waals surface area contributed by atoms with Crippen LogP contribution in [0.15, 0.2) is 35.7 Å². The summed E-state index contributed by atoms with van der Waals surface area (Å²) in [6, 6.07) is 9.78. The van der Waals surface area contributed by atoms with Crippen molar-refractivity contribution in [2.24, 2.45) is 0 Å². The van der Waals surface area contributed by atoms with Crippen LogP contribution in [0.4, 0.5) is 0 Å². The van der Waals surface area contributed by atoms with Crippen LogP contribution in [-0.2, 0) is 6.54 Å². The van der Waals surface area contributed by atoms with Crippen molar-refractivity contribution in [2.75, 3.05) is 7.11 Å². The minimum atomic E-state index is -0.881. The number of aromatic carboxylic acids is 1. The van der Waals surface area contributed by atoms with Crippen molar-refractivity contribution >= 4 is 17.3 Å². The molecule has 0 saturated heterocycles. The predicted molar refractivity (Wildman–Crippen MR) is 79.5 cm³/mol. The Labute approximate surface area is 122 Å². The summed E-state index contributed by atoms with van der Waals surface area (Å²) < 4.78 is 5.21. The average molecular weight is 291 g/mol. The molecule has 2 aromatic rings. The molecule has 106 valence electrons. The van der Waals surface area contributed by atoms with Gasteiger partial charge in [0.15, 0.2) is 0 Å². The van der Waals surface area contributed by atoms with Gasteiger partial charge in [0, 0.05) is 22.8 Å². The molecular weight excluding hydrogens is 274 g/mol. The number of carboxylic acid groups (broad SMARTS) is 1. The van der Waals surface area contributed by atoms with E-state index in [1.165, 1.54) is 11.3 Å². The average Bonchev–Trinajstić information content (AvgIpc) is 2.94. The standard InChI is InChI=1S/C15H17NO3S/c1-10(11-4-3-5-13(6-11)19-2)16-8-14-7-12(9-20-14)15(17)18/h3-7,9-10,16H,8H2,1-2H3,(H,17,18). The number of rotatable bonds is 6. The molecule has 2 rings (SSSR count). The molecule has 0 bridgehead atoms. The zero-order valence-electron chi connectivity index (χ0n) is 11.4. The van der Waals surface area contributed by atoms with Crippen LogP contribution in [0.1, 0.15) is 33.8 Å². The third-order valence-electron chi connectivity index (χ3n) is 3.08. The molecule has 0 aliphatic carbocycles. The molecular formula is C15H17NO3S. The Bertz CT molecular complexity index is 594. The smallest absolute Gasteiger partial charge is 0.336 e. The number of hydrogen-bond acceptors (Lipinski definition) is 4. The molecule has 2 N–H and O–H groups in total. The molecule has 0 aliphatic heterocycles. The number of ether oxygens (including phenoxy) is 1. The third kappa shape index (κ3) is 3.59. The Morgan fingerprint density at radius 1 is 1.45 bits per heavy atom. The van der Waals surface area contributed by atoms with E-state index in [2.05, 4.69) is 12.2 Å². The van der Waals surface area contributed by atoms with Crippen LogP contribution in [0.5, 0.6) is 5.75 Å². The molecule has 1 heterocycles. The molecule has 20 heavy (non-hydrogen) atoms. The molecule has 5 heteroatoms. The van der Waals surface area contributed by atoms with E-state index in [9.17, 15) is 4.79 Å². The quantitative estimate of drug-likeness (QED) is 0.857. The summed E-state index contributed by atoms with van der Waals surface area (Å²) in [5.41, 5.74) is 1.49. The van der Waals surface area contributed by atoms with E-state index in [1.807, 2.05) is 24.3 Å². The van der Waals surface area contributed by atoms with E-state index >= 15 is 0 Å². The number of thiophene rings is 1. The van der Waals surface area contributed by atoms with Crippen molar-refractivity contribution in [2.45, 2.75) is 19.5 Å². The lowest BCUT2D eigenvalue weighted by atomic mass is 10.1. The molecule has 0 amide bonds. The molecule has 0 radical (unpaired) electrons. The van der Waals surface area contributed by atoms with E-state index in [0.717, 1.165) is 16.2 Å². The normalized spacial score (nSPS) is 12.1. The number of carbonyl (C=O) groups is 1. The van der Waals surface area contributed by atoms with Crippen molar-refractivity contribution in [1.29, 1.82) is 0 Å². The van der Waals surface area contributed by atoms with E-state index in [-0.39, 0.29) is 6.04 Å². The van der Waals surface area contributed by atoms with Crippen LogP contribution in [0.3, 0.4) is 0 Å². The van der Waals surface area contributed by atoms with E-state index in [4.69, 9.17) is 9.84 Å². The van der Waals surface area contributed by atoms with Crippen LogP contribution in [-0.4, -0.2) is 18.2 Å². The lowest BCUT2D eigenvalue weighted by Gasteiger charge is -2.14. The molecule has 0 aliphatic rings. The summed E-state index contributed by atoms with van der Waals surface area (Å²) in [5, 5.41) is 13.9. The van der Waals surface area contributed by atoms with E-state index in [0.29, 0.717) is 12.1 Å². The summed E-state index contributed by atoms with van der Waals surface area (Å²) >= 11 is 1.45. The van der Waals surface area contributed by atoms with Crippen molar-refractivity contribution < 1.29 is 14.6 Å². The summed E-state index contributed by atoms with van der Waals surface area (Å²) in [5.74, 6) is -0.0474. The SMILES string of the molecule is COc1cccc(C(C)NCc2cc(C(=O)O)cs2)c1. The third-order valence-corrected chi connectivity index (χ3v) is 4.01. The highest BCUT2D eigenvalue weighted by Gasteiger charge is 2.09. The maximum atomic E-state index is 10.8. The van der Waals surface area contributed by atoms with Gasteiger partial charge >= 0.3 is 5.97 Å². The number of hydrogen-bond donors (Lipinski definition) is 2. The molecule has 0 saturated carbocycles. The topological polar surface area (TPSA) is 58.6 Å². The fraction of sp³-hybridized carbons (Fsp3) is 0.267. The summed E-state index contributed by atoms with van der Waals surface area (Å²) in [6.45, 7) is 2.72. The first-order valence-electron chi connectivity index (χ1n) is 6.28. The van der Waals surface area contributed by atoms with Gasteiger partial charge in [0.1, 0.15) is 5.75 Å². The van der Waals surface area contributed by atoms with E-state index in [1.54, 1.807) is 18.6 Å². The Balaban J connectivity index is 1.96. The molecule has 1 atom stereocenters. The fourth-order valence-electron chi connectivity index (χ4n) is 1.87. The van der Waals surface area contributed by atoms with Gasteiger partial charge in [0.2, 0.25) is 0 Å². The predicted octanol–water partition coefficient (Wildman–Crippen LogP) is 3.31. The van der Waals surface area contributed by atoms with E-state index < -0.39 is 5.97 Å². The molecule has 0 spiro atoms. The van der Waals surface area contributed by atoms with Gasteiger partial charge in [-0.25, -0.2) is 4.79 Å². The van der Waals surface area contributed by atoms with Crippen molar-refractivity contribution in [3.63, 3.8) is 0 Å². The van der Waals surface area contributed by atoms with Crippen LogP contribution in [0.2, 0.25) is 0 Å².